The molecule has 3 aromatic heterocycles. The Hall–Kier alpha value is -1.92. The van der Waals surface area contributed by atoms with Crippen LogP contribution in [-0.4, -0.2) is 16.9 Å². The van der Waals surface area contributed by atoms with Gasteiger partial charge in [0.15, 0.2) is 5.78 Å². The minimum Gasteiger partial charge on any atom is -0.481 e. The van der Waals surface area contributed by atoms with Crippen LogP contribution in [0, 0.1) is 0 Å². The Morgan fingerprint density at radius 2 is 2.16 bits per heavy atom. The Balaban J connectivity index is 1.95. The van der Waals surface area contributed by atoms with Crippen molar-refractivity contribution in [2.75, 3.05) is 0 Å². The van der Waals surface area contributed by atoms with Crippen LogP contribution in [0.2, 0.25) is 0 Å². The van der Waals surface area contributed by atoms with Gasteiger partial charge in [-0.1, -0.05) is 0 Å². The number of hydrogen-bond acceptors (Lipinski definition) is 5. The highest BCUT2D eigenvalue weighted by Gasteiger charge is 2.16. The summed E-state index contributed by atoms with van der Waals surface area (Å²) in [5.41, 5.74) is 2.65. The number of ketones is 1. The van der Waals surface area contributed by atoms with Crippen LogP contribution in [0.15, 0.2) is 33.6 Å². The third-order valence-electron chi connectivity index (χ3n) is 2.67. The largest absolute Gasteiger partial charge is 0.481 e. The van der Waals surface area contributed by atoms with Gasteiger partial charge in [0.1, 0.15) is 18.3 Å². The van der Waals surface area contributed by atoms with Crippen molar-refractivity contribution in [3.8, 4) is 11.1 Å². The van der Waals surface area contributed by atoms with E-state index in [1.807, 2.05) is 16.8 Å². The van der Waals surface area contributed by atoms with Gasteiger partial charge in [-0.05, 0) is 28.5 Å². The van der Waals surface area contributed by atoms with Gasteiger partial charge < -0.3 is 9.52 Å². The summed E-state index contributed by atoms with van der Waals surface area (Å²) >= 11 is 2.83. The summed E-state index contributed by atoms with van der Waals surface area (Å²) in [6, 6.07) is 3.62. The van der Waals surface area contributed by atoms with Crippen molar-refractivity contribution >= 4 is 44.7 Å². The second-order valence-electron chi connectivity index (χ2n) is 3.96. The van der Waals surface area contributed by atoms with Crippen LogP contribution in [0.25, 0.3) is 21.4 Å². The average molecular weight is 292 g/mol. The van der Waals surface area contributed by atoms with Crippen LogP contribution in [0.4, 0.5) is 0 Å². The van der Waals surface area contributed by atoms with E-state index in [0.29, 0.717) is 4.88 Å². The van der Waals surface area contributed by atoms with Crippen LogP contribution >= 0.6 is 22.7 Å². The van der Waals surface area contributed by atoms with Crippen molar-refractivity contribution in [2.45, 2.75) is 6.42 Å². The third-order valence-corrected chi connectivity index (χ3v) is 4.57. The molecule has 0 aliphatic carbocycles. The van der Waals surface area contributed by atoms with Crippen molar-refractivity contribution in [3.63, 3.8) is 0 Å². The number of rotatable bonds is 4. The van der Waals surface area contributed by atoms with Crippen molar-refractivity contribution in [1.82, 2.24) is 0 Å². The first-order valence-corrected chi connectivity index (χ1v) is 7.19. The Bertz CT molecular complexity index is 762. The zero-order valence-electron chi connectivity index (χ0n) is 9.58. The van der Waals surface area contributed by atoms with E-state index in [2.05, 4.69) is 0 Å². The fourth-order valence-corrected chi connectivity index (χ4v) is 3.51. The van der Waals surface area contributed by atoms with Crippen molar-refractivity contribution < 1.29 is 19.1 Å². The minimum atomic E-state index is -1.11. The number of carboxylic acid groups (broad SMARTS) is 1. The van der Waals surface area contributed by atoms with Gasteiger partial charge in [-0.3, -0.25) is 9.59 Å². The molecule has 0 bridgehead atoms. The van der Waals surface area contributed by atoms with Crippen LogP contribution in [0.3, 0.4) is 0 Å². The Morgan fingerprint density at radius 1 is 1.32 bits per heavy atom. The van der Waals surface area contributed by atoms with Crippen LogP contribution in [0.5, 0.6) is 0 Å². The molecule has 1 N–H and O–H groups in total. The summed E-state index contributed by atoms with van der Waals surface area (Å²) in [6.45, 7) is 0. The smallest absolute Gasteiger partial charge is 0.311 e. The summed E-state index contributed by atoms with van der Waals surface area (Å²) in [6.07, 6.45) is 1.19. The first-order chi connectivity index (χ1) is 9.15. The molecule has 3 rings (SSSR count). The Kier molecular flexibility index (Phi) is 2.96. The lowest BCUT2D eigenvalue weighted by atomic mass is 10.1. The monoisotopic (exact) mass is 292 g/mol. The Morgan fingerprint density at radius 3 is 2.95 bits per heavy atom. The highest BCUT2D eigenvalue weighted by atomic mass is 32.1. The molecule has 0 atom stereocenters. The normalized spacial score (nSPS) is 10.9. The highest BCUT2D eigenvalue weighted by molar-refractivity contribution is 7.17. The molecule has 0 spiro atoms. The number of fused-ring (bicyclic) bond motifs is 1. The zero-order chi connectivity index (χ0) is 13.4. The zero-order valence-corrected chi connectivity index (χ0v) is 11.2. The van der Waals surface area contributed by atoms with Gasteiger partial charge in [0, 0.05) is 5.56 Å². The molecule has 0 radical (unpaired) electrons. The molecule has 3 heterocycles. The van der Waals surface area contributed by atoms with Gasteiger partial charge >= 0.3 is 5.97 Å². The standard InChI is InChI=1S/C13H8O4S2/c14-9(4-12(15)16)11-3-7(6-19-11)8-5-17-10-1-2-18-13(8)10/h1-3,5-6H,4H2,(H,15,16). The van der Waals surface area contributed by atoms with Crippen LogP contribution in [-0.2, 0) is 4.79 Å². The second-order valence-corrected chi connectivity index (χ2v) is 5.78. The maximum absolute atomic E-state index is 11.7. The predicted octanol–water partition coefficient (Wildman–Crippen LogP) is 3.88. The van der Waals surface area contributed by atoms with Crippen molar-refractivity contribution in [2.24, 2.45) is 0 Å². The van der Waals surface area contributed by atoms with E-state index in [0.717, 1.165) is 21.4 Å². The fourth-order valence-electron chi connectivity index (χ4n) is 1.81. The number of furan rings is 1. The molecule has 3 aromatic rings. The topological polar surface area (TPSA) is 67.5 Å². The van der Waals surface area contributed by atoms with E-state index in [-0.39, 0.29) is 5.78 Å². The quantitative estimate of drug-likeness (QED) is 0.585. The highest BCUT2D eigenvalue weighted by Crippen LogP contribution is 2.36. The maximum atomic E-state index is 11.7. The summed E-state index contributed by atoms with van der Waals surface area (Å²) < 4.78 is 6.45. The first kappa shape index (κ1) is 12.1. The SMILES string of the molecule is O=C(O)CC(=O)c1cc(-c2coc3ccsc23)cs1. The third kappa shape index (κ3) is 2.20. The first-order valence-electron chi connectivity index (χ1n) is 5.44. The van der Waals surface area contributed by atoms with E-state index in [9.17, 15) is 9.59 Å². The lowest BCUT2D eigenvalue weighted by Crippen LogP contribution is -2.04. The lowest BCUT2D eigenvalue weighted by molar-refractivity contribution is -0.135. The molecular weight excluding hydrogens is 284 g/mol. The van der Waals surface area contributed by atoms with Gasteiger partial charge in [0.25, 0.3) is 0 Å². The van der Waals surface area contributed by atoms with Crippen LogP contribution < -0.4 is 0 Å². The Labute approximate surface area is 115 Å². The molecule has 0 fully saturated rings. The second kappa shape index (κ2) is 4.64. The van der Waals surface area contributed by atoms with Gasteiger partial charge in [-0.15, -0.1) is 22.7 Å². The predicted molar refractivity (Wildman–Crippen MR) is 74.0 cm³/mol. The molecule has 96 valence electrons. The minimum absolute atomic E-state index is 0.366. The number of thiophene rings is 2. The van der Waals surface area contributed by atoms with Crippen molar-refractivity contribution in [1.29, 1.82) is 0 Å². The molecule has 0 aliphatic heterocycles. The van der Waals surface area contributed by atoms with E-state index < -0.39 is 12.4 Å². The molecule has 0 aliphatic rings. The van der Waals surface area contributed by atoms with E-state index >= 15 is 0 Å². The number of hydrogen-bond donors (Lipinski definition) is 1. The number of carbonyl (C=O) groups excluding carboxylic acids is 1. The molecule has 19 heavy (non-hydrogen) atoms. The molecular formula is C13H8O4S2. The maximum Gasteiger partial charge on any atom is 0.311 e. The summed E-state index contributed by atoms with van der Waals surface area (Å²) in [7, 11) is 0. The van der Waals surface area contributed by atoms with Gasteiger partial charge in [-0.2, -0.15) is 0 Å². The van der Waals surface area contributed by atoms with Crippen LogP contribution in [0.1, 0.15) is 16.1 Å². The molecule has 6 heteroatoms. The van der Waals surface area contributed by atoms with Gasteiger partial charge in [0.05, 0.1) is 9.58 Å². The molecule has 4 nitrogen and oxygen atoms in total. The average Bonchev–Trinajstić information content (AvgIpc) is 3.03. The number of carbonyl (C=O) groups is 2. The molecule has 0 saturated carbocycles. The lowest BCUT2D eigenvalue weighted by Gasteiger charge is -1.92. The van der Waals surface area contributed by atoms with Crippen molar-refractivity contribution in [3.05, 3.63) is 34.0 Å². The molecule has 0 amide bonds. The van der Waals surface area contributed by atoms with E-state index in [4.69, 9.17) is 9.52 Å². The summed E-state index contributed by atoms with van der Waals surface area (Å²) in [5.74, 6) is -1.47. The fraction of sp³-hybridized carbons (Fsp3) is 0.0769. The number of carboxylic acids is 1. The molecule has 0 saturated heterocycles. The number of aliphatic carboxylic acids is 1. The molecule has 0 unspecified atom stereocenters. The molecule has 0 aromatic carbocycles. The van der Waals surface area contributed by atoms with Gasteiger partial charge in [-0.25, -0.2) is 0 Å². The summed E-state index contributed by atoms with van der Waals surface area (Å²) in [5, 5.41) is 12.4. The van der Waals surface area contributed by atoms with Gasteiger partial charge in [0.2, 0.25) is 0 Å². The number of Topliss-reactive ketones (excluding diaryl/α,β-unsaturated/α-hetero) is 1. The van der Waals surface area contributed by atoms with E-state index in [1.165, 1.54) is 11.3 Å². The van der Waals surface area contributed by atoms with E-state index in [1.54, 1.807) is 23.7 Å². The summed E-state index contributed by atoms with van der Waals surface area (Å²) in [4.78, 5) is 22.7.